The van der Waals surface area contributed by atoms with Crippen LogP contribution in [0.4, 0.5) is 5.69 Å². The summed E-state index contributed by atoms with van der Waals surface area (Å²) in [5, 5.41) is 5.85. The van der Waals surface area contributed by atoms with E-state index in [-0.39, 0.29) is 16.9 Å². The largest absolute Gasteiger partial charge is 0.487 e. The van der Waals surface area contributed by atoms with Gasteiger partial charge in [-0.05, 0) is 36.8 Å². The van der Waals surface area contributed by atoms with Crippen LogP contribution in [-0.4, -0.2) is 17.6 Å². The molecule has 0 aliphatic carbocycles. The van der Waals surface area contributed by atoms with Crippen LogP contribution in [0, 0.1) is 5.92 Å². The van der Waals surface area contributed by atoms with Crippen LogP contribution in [-0.2, 0) is 4.79 Å². The molecule has 1 rings (SSSR count). The summed E-state index contributed by atoms with van der Waals surface area (Å²) in [5.74, 6) is 0.421. The third kappa shape index (κ3) is 5.40. The smallest absolute Gasteiger partial charge is 0.228 e. The monoisotopic (exact) mass is 292 g/mol. The summed E-state index contributed by atoms with van der Waals surface area (Å²) in [6.07, 6.45) is 0. The Labute approximate surface area is 125 Å². The summed E-state index contributed by atoms with van der Waals surface area (Å²) < 4.78 is 5.62. The topological polar surface area (TPSA) is 50.4 Å². The maximum absolute atomic E-state index is 11.6. The minimum atomic E-state index is -0.122. The van der Waals surface area contributed by atoms with Crippen LogP contribution in [0.2, 0.25) is 0 Å². The molecule has 4 nitrogen and oxygen atoms in total. The van der Waals surface area contributed by atoms with E-state index in [1.807, 2.05) is 45.0 Å². The van der Waals surface area contributed by atoms with Gasteiger partial charge in [0.15, 0.2) is 5.11 Å². The van der Waals surface area contributed by atoms with Crippen molar-refractivity contribution >= 4 is 28.9 Å². The van der Waals surface area contributed by atoms with Gasteiger partial charge in [0.2, 0.25) is 5.91 Å². The SMILES string of the molecule is C=C(C)COc1ccccc1NC(=S)NC(=O)C(C)C. The standard InChI is InChI=1S/C15H20N2O2S/c1-10(2)9-19-13-8-6-5-7-12(13)16-15(20)17-14(18)11(3)4/h5-8,11H,1,9H2,2-4H3,(H2,16,17,18,20). The number of para-hydroxylation sites is 2. The number of ether oxygens (including phenoxy) is 1. The van der Waals surface area contributed by atoms with Crippen molar-refractivity contribution in [1.82, 2.24) is 5.32 Å². The zero-order valence-electron chi connectivity index (χ0n) is 12.0. The fourth-order valence-electron chi connectivity index (χ4n) is 1.31. The molecule has 0 unspecified atom stereocenters. The van der Waals surface area contributed by atoms with Gasteiger partial charge in [-0.15, -0.1) is 0 Å². The van der Waals surface area contributed by atoms with Gasteiger partial charge in [-0.1, -0.05) is 32.6 Å². The Bertz CT molecular complexity index is 512. The van der Waals surface area contributed by atoms with Crippen LogP contribution in [0.3, 0.4) is 0 Å². The van der Waals surface area contributed by atoms with Crippen LogP contribution in [0.1, 0.15) is 20.8 Å². The van der Waals surface area contributed by atoms with Crippen molar-refractivity contribution in [1.29, 1.82) is 0 Å². The molecule has 0 aromatic heterocycles. The number of hydrogen-bond donors (Lipinski definition) is 2. The molecule has 0 saturated carbocycles. The van der Waals surface area contributed by atoms with Gasteiger partial charge in [0.25, 0.3) is 0 Å². The Balaban J connectivity index is 2.69. The lowest BCUT2D eigenvalue weighted by atomic mass is 10.2. The van der Waals surface area contributed by atoms with E-state index in [1.54, 1.807) is 0 Å². The molecule has 20 heavy (non-hydrogen) atoms. The molecule has 0 atom stereocenters. The Morgan fingerprint density at radius 1 is 1.40 bits per heavy atom. The summed E-state index contributed by atoms with van der Waals surface area (Å²) in [7, 11) is 0. The summed E-state index contributed by atoms with van der Waals surface area (Å²) in [6, 6.07) is 7.40. The predicted molar refractivity (Wildman–Crippen MR) is 86.0 cm³/mol. The van der Waals surface area contributed by atoms with Gasteiger partial charge in [-0.3, -0.25) is 4.79 Å². The van der Waals surface area contributed by atoms with Gasteiger partial charge in [0.05, 0.1) is 5.69 Å². The van der Waals surface area contributed by atoms with Crippen molar-refractivity contribution in [3.05, 3.63) is 36.4 Å². The molecule has 0 aliphatic heterocycles. The highest BCUT2D eigenvalue weighted by Gasteiger charge is 2.10. The average Bonchev–Trinajstić information content (AvgIpc) is 2.37. The minimum absolute atomic E-state index is 0.121. The number of benzene rings is 1. The summed E-state index contributed by atoms with van der Waals surface area (Å²) in [4.78, 5) is 11.6. The maximum atomic E-state index is 11.6. The van der Waals surface area contributed by atoms with E-state index in [1.165, 1.54) is 0 Å². The lowest BCUT2D eigenvalue weighted by Crippen LogP contribution is -2.36. The molecule has 108 valence electrons. The number of thiocarbonyl (C=S) groups is 1. The van der Waals surface area contributed by atoms with Gasteiger partial charge >= 0.3 is 0 Å². The van der Waals surface area contributed by atoms with E-state index in [4.69, 9.17) is 17.0 Å². The molecule has 0 saturated heterocycles. The lowest BCUT2D eigenvalue weighted by molar-refractivity contribution is -0.122. The second-order valence-corrected chi connectivity index (χ2v) is 5.25. The van der Waals surface area contributed by atoms with Crippen LogP contribution in [0.25, 0.3) is 0 Å². The first-order valence-electron chi connectivity index (χ1n) is 6.38. The maximum Gasteiger partial charge on any atom is 0.228 e. The number of rotatable bonds is 5. The molecule has 2 N–H and O–H groups in total. The van der Waals surface area contributed by atoms with Gasteiger partial charge in [0.1, 0.15) is 12.4 Å². The Morgan fingerprint density at radius 2 is 2.05 bits per heavy atom. The number of hydrogen-bond acceptors (Lipinski definition) is 3. The molecular weight excluding hydrogens is 272 g/mol. The molecular formula is C15H20N2O2S. The quantitative estimate of drug-likeness (QED) is 0.647. The number of nitrogens with one attached hydrogen (secondary N) is 2. The number of amides is 1. The number of carbonyl (C=O) groups excluding carboxylic acids is 1. The molecule has 1 amide bonds. The molecule has 0 fully saturated rings. The van der Waals surface area contributed by atoms with E-state index >= 15 is 0 Å². The van der Waals surface area contributed by atoms with Crippen LogP contribution >= 0.6 is 12.2 Å². The van der Waals surface area contributed by atoms with E-state index in [9.17, 15) is 4.79 Å². The van der Waals surface area contributed by atoms with Crippen LogP contribution in [0.5, 0.6) is 5.75 Å². The molecule has 1 aromatic carbocycles. The highest BCUT2D eigenvalue weighted by atomic mass is 32.1. The Kier molecular flexibility index (Phi) is 6.18. The van der Waals surface area contributed by atoms with Gasteiger partial charge in [-0.2, -0.15) is 0 Å². The molecule has 0 aliphatic rings. The Hall–Kier alpha value is -1.88. The molecule has 0 bridgehead atoms. The second-order valence-electron chi connectivity index (χ2n) is 4.84. The molecule has 1 aromatic rings. The summed E-state index contributed by atoms with van der Waals surface area (Å²) in [5.41, 5.74) is 1.64. The van der Waals surface area contributed by atoms with Crippen molar-refractivity contribution < 1.29 is 9.53 Å². The van der Waals surface area contributed by atoms with Crippen molar-refractivity contribution in [3.8, 4) is 5.75 Å². The minimum Gasteiger partial charge on any atom is -0.487 e. The Morgan fingerprint density at radius 3 is 2.65 bits per heavy atom. The molecule has 5 heteroatoms. The van der Waals surface area contributed by atoms with E-state index in [2.05, 4.69) is 17.2 Å². The molecule has 0 radical (unpaired) electrons. The first-order chi connectivity index (χ1) is 9.40. The predicted octanol–water partition coefficient (Wildman–Crippen LogP) is 3.11. The number of anilines is 1. The molecule has 0 heterocycles. The van der Waals surface area contributed by atoms with Gasteiger partial charge in [-0.25, -0.2) is 0 Å². The average molecular weight is 292 g/mol. The van der Waals surface area contributed by atoms with E-state index in [0.29, 0.717) is 18.0 Å². The third-order valence-electron chi connectivity index (χ3n) is 2.37. The van der Waals surface area contributed by atoms with Crippen molar-refractivity contribution in [2.24, 2.45) is 5.92 Å². The van der Waals surface area contributed by atoms with E-state index in [0.717, 1.165) is 5.57 Å². The van der Waals surface area contributed by atoms with Crippen molar-refractivity contribution in [2.75, 3.05) is 11.9 Å². The number of carbonyl (C=O) groups is 1. The van der Waals surface area contributed by atoms with E-state index < -0.39 is 0 Å². The van der Waals surface area contributed by atoms with Gasteiger partial charge < -0.3 is 15.4 Å². The summed E-state index contributed by atoms with van der Waals surface area (Å²) >= 11 is 5.11. The van der Waals surface area contributed by atoms with Gasteiger partial charge in [0, 0.05) is 5.92 Å². The fourth-order valence-corrected chi connectivity index (χ4v) is 1.52. The highest BCUT2D eigenvalue weighted by molar-refractivity contribution is 7.80. The van der Waals surface area contributed by atoms with Crippen LogP contribution in [0.15, 0.2) is 36.4 Å². The first-order valence-corrected chi connectivity index (χ1v) is 6.79. The second kappa shape index (κ2) is 7.65. The molecule has 0 spiro atoms. The van der Waals surface area contributed by atoms with Crippen molar-refractivity contribution in [2.45, 2.75) is 20.8 Å². The summed E-state index contributed by atoms with van der Waals surface area (Å²) in [6.45, 7) is 9.73. The third-order valence-corrected chi connectivity index (χ3v) is 2.57. The zero-order valence-corrected chi connectivity index (χ0v) is 12.8. The van der Waals surface area contributed by atoms with Crippen molar-refractivity contribution in [3.63, 3.8) is 0 Å². The normalized spacial score (nSPS) is 10.0. The first kappa shape index (κ1) is 16.2. The fraction of sp³-hybridized carbons (Fsp3) is 0.333. The highest BCUT2D eigenvalue weighted by Crippen LogP contribution is 2.24. The van der Waals surface area contributed by atoms with Crippen LogP contribution < -0.4 is 15.4 Å². The zero-order chi connectivity index (χ0) is 15.1. The lowest BCUT2D eigenvalue weighted by Gasteiger charge is -2.15.